The molecule has 0 aliphatic rings. The number of nitrogens with zero attached hydrogens (tertiary/aromatic N) is 1. The Bertz CT molecular complexity index is 1380. The molecule has 3 amide bonds. The molecule has 0 radical (unpaired) electrons. The number of pyridine rings is 1. The Morgan fingerprint density at radius 1 is 0.825 bits per heavy atom. The van der Waals surface area contributed by atoms with Crippen molar-refractivity contribution in [1.82, 2.24) is 10.6 Å². The standard InChI is InChI=1S/C31H32N4O5/c1-38-19-17-32-31(37)40-23-35-18-7-8-25(21-35)20-33-30(36)34-27-15-13-24(14-16-27)22-39-29-12-6-5-11-28(29)26-9-3-2-4-10-26/h2-16,18,21H,17,19-20,22-23H2,1H3,(H2-,32,33,34,36,37)/p+1. The van der Waals surface area contributed by atoms with Crippen LogP contribution in [0.5, 0.6) is 5.75 Å². The molecule has 0 aliphatic heterocycles. The number of nitrogens with one attached hydrogen (secondary N) is 3. The largest absolute Gasteiger partial charge is 0.488 e. The Morgan fingerprint density at radius 3 is 2.40 bits per heavy atom. The fourth-order valence-electron chi connectivity index (χ4n) is 3.85. The second-order valence-corrected chi connectivity index (χ2v) is 8.86. The van der Waals surface area contributed by atoms with Gasteiger partial charge in [-0.25, -0.2) is 9.59 Å². The molecule has 0 bridgehead atoms. The van der Waals surface area contributed by atoms with Crippen molar-refractivity contribution in [3.05, 3.63) is 115 Å². The van der Waals surface area contributed by atoms with Crippen LogP contribution in [0.3, 0.4) is 0 Å². The number of para-hydroxylation sites is 1. The minimum atomic E-state index is -0.526. The fraction of sp³-hybridized carbons (Fsp3) is 0.194. The number of urea groups is 1. The topological polar surface area (TPSA) is 102 Å². The van der Waals surface area contributed by atoms with Gasteiger partial charge in [0.15, 0.2) is 12.4 Å². The molecule has 40 heavy (non-hydrogen) atoms. The van der Waals surface area contributed by atoms with E-state index in [-0.39, 0.29) is 12.8 Å². The zero-order valence-electron chi connectivity index (χ0n) is 22.3. The Morgan fingerprint density at radius 2 is 1.60 bits per heavy atom. The van der Waals surface area contributed by atoms with Crippen LogP contribution in [0.25, 0.3) is 11.1 Å². The molecule has 0 unspecified atom stereocenters. The Kier molecular flexibility index (Phi) is 10.5. The van der Waals surface area contributed by atoms with Gasteiger partial charge in [0.2, 0.25) is 0 Å². The highest BCUT2D eigenvalue weighted by molar-refractivity contribution is 5.89. The average Bonchev–Trinajstić information content (AvgIpc) is 3.00. The maximum absolute atomic E-state index is 12.4. The van der Waals surface area contributed by atoms with Gasteiger partial charge in [-0.2, -0.15) is 4.57 Å². The summed E-state index contributed by atoms with van der Waals surface area (Å²) in [6.45, 7) is 1.54. The maximum Gasteiger partial charge on any atom is 0.412 e. The summed E-state index contributed by atoms with van der Waals surface area (Å²) in [4.78, 5) is 24.1. The number of ether oxygens (including phenoxy) is 3. The summed E-state index contributed by atoms with van der Waals surface area (Å²) < 4.78 is 17.9. The second kappa shape index (κ2) is 14.9. The van der Waals surface area contributed by atoms with Gasteiger partial charge in [0.25, 0.3) is 6.73 Å². The van der Waals surface area contributed by atoms with E-state index in [2.05, 4.69) is 28.1 Å². The minimum Gasteiger partial charge on any atom is -0.488 e. The number of methoxy groups -OCH3 is 1. The van der Waals surface area contributed by atoms with Gasteiger partial charge in [-0.15, -0.1) is 0 Å². The van der Waals surface area contributed by atoms with Crippen molar-refractivity contribution >= 4 is 17.8 Å². The van der Waals surface area contributed by atoms with Gasteiger partial charge in [-0.3, -0.25) is 0 Å². The van der Waals surface area contributed by atoms with Crippen LogP contribution in [0.1, 0.15) is 11.1 Å². The summed E-state index contributed by atoms with van der Waals surface area (Å²) >= 11 is 0. The van der Waals surface area contributed by atoms with Crippen LogP contribution in [0.4, 0.5) is 15.3 Å². The van der Waals surface area contributed by atoms with E-state index in [1.165, 1.54) is 0 Å². The molecule has 3 aromatic carbocycles. The highest BCUT2D eigenvalue weighted by atomic mass is 16.6. The molecule has 0 aliphatic carbocycles. The van der Waals surface area contributed by atoms with E-state index in [0.29, 0.717) is 32.0 Å². The van der Waals surface area contributed by atoms with Crippen LogP contribution in [0.15, 0.2) is 103 Å². The number of aromatic nitrogens is 1. The van der Waals surface area contributed by atoms with Gasteiger partial charge in [0.1, 0.15) is 12.4 Å². The predicted octanol–water partition coefficient (Wildman–Crippen LogP) is 4.87. The Labute approximate surface area is 233 Å². The molecule has 0 atom stereocenters. The highest BCUT2D eigenvalue weighted by Crippen LogP contribution is 2.30. The van der Waals surface area contributed by atoms with E-state index < -0.39 is 6.09 Å². The number of amides is 3. The molecule has 0 fully saturated rings. The van der Waals surface area contributed by atoms with E-state index >= 15 is 0 Å². The van der Waals surface area contributed by atoms with Gasteiger partial charge in [-0.1, -0.05) is 60.7 Å². The van der Waals surface area contributed by atoms with Gasteiger partial charge in [0.05, 0.1) is 13.2 Å². The lowest BCUT2D eigenvalue weighted by Gasteiger charge is -2.12. The fourth-order valence-corrected chi connectivity index (χ4v) is 3.85. The minimum absolute atomic E-state index is 0.0484. The molecular weight excluding hydrogens is 508 g/mol. The molecule has 9 heteroatoms. The van der Waals surface area contributed by atoms with Crippen molar-refractivity contribution in [3.63, 3.8) is 0 Å². The maximum atomic E-state index is 12.4. The average molecular weight is 542 g/mol. The van der Waals surface area contributed by atoms with Crippen molar-refractivity contribution in [1.29, 1.82) is 0 Å². The zero-order chi connectivity index (χ0) is 28.0. The number of hydrogen-bond donors (Lipinski definition) is 3. The molecule has 1 heterocycles. The number of benzene rings is 3. The van der Waals surface area contributed by atoms with E-state index in [1.807, 2.05) is 78.9 Å². The van der Waals surface area contributed by atoms with Crippen molar-refractivity contribution < 1.29 is 28.4 Å². The van der Waals surface area contributed by atoms with E-state index in [0.717, 1.165) is 28.0 Å². The third-order valence-corrected chi connectivity index (χ3v) is 5.87. The summed E-state index contributed by atoms with van der Waals surface area (Å²) in [5.41, 5.74) is 4.64. The Hall–Kier alpha value is -4.89. The van der Waals surface area contributed by atoms with Gasteiger partial charge in [0, 0.05) is 36.5 Å². The molecule has 0 saturated carbocycles. The van der Waals surface area contributed by atoms with Crippen LogP contribution < -0.4 is 25.3 Å². The van der Waals surface area contributed by atoms with Crippen LogP contribution in [-0.2, 0) is 29.4 Å². The van der Waals surface area contributed by atoms with Crippen molar-refractivity contribution in [3.8, 4) is 16.9 Å². The van der Waals surface area contributed by atoms with Crippen LogP contribution in [0, 0.1) is 0 Å². The summed E-state index contributed by atoms with van der Waals surface area (Å²) in [6, 6.07) is 29.0. The van der Waals surface area contributed by atoms with Crippen molar-refractivity contribution in [2.75, 3.05) is 25.6 Å². The van der Waals surface area contributed by atoms with E-state index in [9.17, 15) is 9.59 Å². The number of alkyl carbamates (subject to hydrolysis) is 1. The number of hydrogen-bond acceptors (Lipinski definition) is 5. The molecular formula is C31H33N4O5+. The lowest BCUT2D eigenvalue weighted by molar-refractivity contribution is -0.727. The molecule has 3 N–H and O–H groups in total. The molecule has 206 valence electrons. The first-order valence-electron chi connectivity index (χ1n) is 12.9. The molecule has 1 aromatic heterocycles. The normalized spacial score (nSPS) is 10.4. The Balaban J connectivity index is 1.22. The molecule has 0 saturated heterocycles. The first-order valence-corrected chi connectivity index (χ1v) is 12.9. The predicted molar refractivity (Wildman–Crippen MR) is 152 cm³/mol. The van der Waals surface area contributed by atoms with Crippen LogP contribution in [0.2, 0.25) is 0 Å². The first-order chi connectivity index (χ1) is 19.6. The third kappa shape index (κ3) is 8.85. The first kappa shape index (κ1) is 28.1. The number of carbonyl (C=O) groups excluding carboxylic acids is 2. The van der Waals surface area contributed by atoms with Gasteiger partial charge >= 0.3 is 12.1 Å². The number of rotatable bonds is 12. The number of anilines is 1. The van der Waals surface area contributed by atoms with Gasteiger partial charge < -0.3 is 30.2 Å². The number of carbonyl (C=O) groups is 2. The van der Waals surface area contributed by atoms with Crippen molar-refractivity contribution in [2.24, 2.45) is 0 Å². The zero-order valence-corrected chi connectivity index (χ0v) is 22.3. The summed E-state index contributed by atoms with van der Waals surface area (Å²) in [5.74, 6) is 0.814. The van der Waals surface area contributed by atoms with Crippen molar-refractivity contribution in [2.45, 2.75) is 19.9 Å². The lowest BCUT2D eigenvalue weighted by atomic mass is 10.0. The van der Waals surface area contributed by atoms with Crippen LogP contribution in [-0.4, -0.2) is 32.4 Å². The third-order valence-electron chi connectivity index (χ3n) is 5.87. The quantitative estimate of drug-likeness (QED) is 0.175. The molecule has 4 rings (SSSR count). The highest BCUT2D eigenvalue weighted by Gasteiger charge is 2.09. The SMILES string of the molecule is COCCNC(=O)OC[n+]1cccc(CNC(=O)Nc2ccc(COc3ccccc3-c3ccccc3)cc2)c1. The van der Waals surface area contributed by atoms with Crippen LogP contribution >= 0.6 is 0 Å². The summed E-state index contributed by atoms with van der Waals surface area (Å²) in [7, 11) is 1.56. The molecule has 4 aromatic rings. The second-order valence-electron chi connectivity index (χ2n) is 8.86. The van der Waals surface area contributed by atoms with E-state index in [4.69, 9.17) is 14.2 Å². The molecule has 0 spiro atoms. The van der Waals surface area contributed by atoms with E-state index in [1.54, 1.807) is 24.1 Å². The molecule has 9 nitrogen and oxygen atoms in total. The summed E-state index contributed by atoms with van der Waals surface area (Å²) in [5, 5.41) is 8.26. The smallest absolute Gasteiger partial charge is 0.412 e. The lowest BCUT2D eigenvalue weighted by Crippen LogP contribution is -2.39. The summed E-state index contributed by atoms with van der Waals surface area (Å²) in [6.07, 6.45) is 3.05. The van der Waals surface area contributed by atoms with Gasteiger partial charge in [-0.05, 0) is 35.4 Å². The monoisotopic (exact) mass is 541 g/mol.